The molecule has 0 saturated carbocycles. The molecule has 4 rings (SSSR count). The summed E-state index contributed by atoms with van der Waals surface area (Å²) >= 11 is 1.61. The summed E-state index contributed by atoms with van der Waals surface area (Å²) in [6.07, 6.45) is 3.70. The molecule has 6 nitrogen and oxygen atoms in total. The molecule has 1 fully saturated rings. The van der Waals surface area contributed by atoms with Gasteiger partial charge in [-0.2, -0.15) is 0 Å². The van der Waals surface area contributed by atoms with Crippen LogP contribution >= 0.6 is 11.3 Å². The maximum Gasteiger partial charge on any atom is 0.239 e. The third-order valence-corrected chi connectivity index (χ3v) is 6.15. The van der Waals surface area contributed by atoms with Gasteiger partial charge in [-0.05, 0) is 37.5 Å². The Bertz CT molecular complexity index is 964. The van der Waals surface area contributed by atoms with E-state index in [2.05, 4.69) is 28.5 Å². The molecular weight excluding hydrogens is 382 g/mol. The first-order chi connectivity index (χ1) is 14.1. The Kier molecular flexibility index (Phi) is 5.87. The van der Waals surface area contributed by atoms with Crippen LogP contribution in [0.3, 0.4) is 0 Å². The van der Waals surface area contributed by atoms with Crippen molar-refractivity contribution < 1.29 is 4.79 Å². The van der Waals surface area contributed by atoms with Crippen molar-refractivity contribution in [3.8, 4) is 10.4 Å². The molecule has 29 heavy (non-hydrogen) atoms. The number of likely N-dealkylation sites (tertiary alicyclic amines) is 1. The Balaban J connectivity index is 1.41. The number of anilines is 2. The van der Waals surface area contributed by atoms with E-state index in [-0.39, 0.29) is 5.91 Å². The summed E-state index contributed by atoms with van der Waals surface area (Å²) < 4.78 is 0. The smallest absolute Gasteiger partial charge is 0.239 e. The van der Waals surface area contributed by atoms with Crippen LogP contribution in [0.2, 0.25) is 0 Å². The van der Waals surface area contributed by atoms with Gasteiger partial charge in [-0.15, -0.1) is 0 Å². The van der Waals surface area contributed by atoms with Gasteiger partial charge < -0.3 is 16.0 Å². The van der Waals surface area contributed by atoms with E-state index in [1.807, 2.05) is 41.4 Å². The summed E-state index contributed by atoms with van der Waals surface area (Å²) in [5.41, 5.74) is 7.95. The molecule has 1 aliphatic heterocycles. The quantitative estimate of drug-likeness (QED) is 0.668. The number of carbonyl (C=O) groups is 1. The lowest BCUT2D eigenvalue weighted by Crippen LogP contribution is -2.45. The molecule has 150 valence electrons. The molecule has 2 aromatic heterocycles. The number of nitrogens with two attached hydrogens (primary N) is 1. The average Bonchev–Trinajstić information content (AvgIpc) is 3.22. The third-order valence-electron chi connectivity index (χ3n) is 5.18. The number of amides is 1. The number of carbonyl (C=O) groups excluding carboxylic acids is 1. The third kappa shape index (κ3) is 4.63. The van der Waals surface area contributed by atoms with Crippen LogP contribution in [0.1, 0.15) is 31.4 Å². The van der Waals surface area contributed by atoms with E-state index in [4.69, 9.17) is 10.7 Å². The van der Waals surface area contributed by atoms with Crippen LogP contribution < -0.4 is 11.1 Å². The highest BCUT2D eigenvalue weighted by Crippen LogP contribution is 2.31. The maximum atomic E-state index is 12.1. The van der Waals surface area contributed by atoms with Gasteiger partial charge in [0, 0.05) is 30.9 Å². The second kappa shape index (κ2) is 8.71. The number of piperidine rings is 1. The molecule has 1 aromatic carbocycles. The second-order valence-electron chi connectivity index (χ2n) is 7.36. The minimum atomic E-state index is -0.434. The van der Waals surface area contributed by atoms with Gasteiger partial charge in [0.15, 0.2) is 5.13 Å². The number of aromatic nitrogens is 2. The lowest BCUT2D eigenvalue weighted by atomic mass is 9.92. The Morgan fingerprint density at radius 2 is 1.93 bits per heavy atom. The predicted molar refractivity (Wildman–Crippen MR) is 117 cm³/mol. The van der Waals surface area contributed by atoms with E-state index in [0.717, 1.165) is 53.0 Å². The number of benzene rings is 1. The fourth-order valence-electron chi connectivity index (χ4n) is 3.61. The lowest BCUT2D eigenvalue weighted by Gasteiger charge is -2.32. The normalized spacial score (nSPS) is 15.9. The molecule has 1 atom stereocenters. The van der Waals surface area contributed by atoms with Crippen molar-refractivity contribution in [2.24, 2.45) is 5.73 Å². The minimum Gasteiger partial charge on any atom is -0.341 e. The van der Waals surface area contributed by atoms with Gasteiger partial charge in [0.1, 0.15) is 5.82 Å². The van der Waals surface area contributed by atoms with Crippen LogP contribution in [0.5, 0.6) is 0 Å². The number of nitrogens with zero attached hydrogens (tertiary/aromatic N) is 3. The monoisotopic (exact) mass is 407 g/mol. The topological polar surface area (TPSA) is 84.1 Å². The van der Waals surface area contributed by atoms with Gasteiger partial charge in [-0.3, -0.25) is 4.79 Å². The number of thiazole rings is 1. The predicted octanol–water partition coefficient (Wildman–Crippen LogP) is 4.00. The Morgan fingerprint density at radius 3 is 2.66 bits per heavy atom. The van der Waals surface area contributed by atoms with E-state index in [1.54, 1.807) is 18.3 Å². The van der Waals surface area contributed by atoms with Gasteiger partial charge in [0.05, 0.1) is 10.9 Å². The largest absolute Gasteiger partial charge is 0.341 e. The molecule has 3 heterocycles. The Labute approximate surface area is 174 Å². The van der Waals surface area contributed by atoms with Crippen LogP contribution in [0, 0.1) is 0 Å². The molecule has 0 bridgehead atoms. The highest BCUT2D eigenvalue weighted by molar-refractivity contribution is 7.18. The molecule has 1 amide bonds. The SMILES string of the molecule is C[C@@H](N)C(=O)N1CCC(c2cccc(Nc3ncc(-c4ccccc4)s3)n2)CC1. The van der Waals surface area contributed by atoms with Crippen molar-refractivity contribution in [2.45, 2.75) is 31.7 Å². The highest BCUT2D eigenvalue weighted by atomic mass is 32.1. The molecule has 0 radical (unpaired) electrons. The average molecular weight is 408 g/mol. The number of rotatable bonds is 5. The first kappa shape index (κ1) is 19.5. The zero-order chi connectivity index (χ0) is 20.2. The highest BCUT2D eigenvalue weighted by Gasteiger charge is 2.26. The molecule has 7 heteroatoms. The molecule has 3 aromatic rings. The molecule has 3 N–H and O–H groups in total. The summed E-state index contributed by atoms with van der Waals surface area (Å²) in [6.45, 7) is 3.21. The summed E-state index contributed by atoms with van der Waals surface area (Å²) in [4.78, 5) is 24.4. The Hall–Kier alpha value is -2.77. The fraction of sp³-hybridized carbons (Fsp3) is 0.318. The van der Waals surface area contributed by atoms with Crippen LogP contribution in [0.15, 0.2) is 54.7 Å². The lowest BCUT2D eigenvalue weighted by molar-refractivity contribution is -0.133. The number of hydrogen-bond acceptors (Lipinski definition) is 6. The first-order valence-corrected chi connectivity index (χ1v) is 10.7. The second-order valence-corrected chi connectivity index (χ2v) is 8.39. The van der Waals surface area contributed by atoms with Crippen molar-refractivity contribution >= 4 is 28.2 Å². The molecular formula is C22H25N5OS. The van der Waals surface area contributed by atoms with Crippen LogP contribution in [-0.4, -0.2) is 39.9 Å². The molecule has 0 spiro atoms. The first-order valence-electron chi connectivity index (χ1n) is 9.90. The maximum absolute atomic E-state index is 12.1. The van der Waals surface area contributed by atoms with Crippen LogP contribution in [0.25, 0.3) is 10.4 Å². The summed E-state index contributed by atoms with van der Waals surface area (Å²) in [5, 5.41) is 4.16. The van der Waals surface area contributed by atoms with E-state index in [9.17, 15) is 4.79 Å². The molecule has 1 saturated heterocycles. The fourth-order valence-corrected chi connectivity index (χ4v) is 4.44. The van der Waals surface area contributed by atoms with Gasteiger partial charge >= 0.3 is 0 Å². The standard InChI is InChI=1S/C22H25N5OS/c1-15(23)21(28)27-12-10-16(11-13-27)18-8-5-9-20(25-18)26-22-24-14-19(29-22)17-6-3-2-4-7-17/h2-9,14-16H,10-13,23H2,1H3,(H,24,25,26)/t15-/m1/s1. The van der Waals surface area contributed by atoms with Gasteiger partial charge in [0.2, 0.25) is 5.91 Å². The van der Waals surface area contributed by atoms with Gasteiger partial charge in [-0.25, -0.2) is 9.97 Å². The van der Waals surface area contributed by atoms with E-state index in [0.29, 0.717) is 5.92 Å². The van der Waals surface area contributed by atoms with E-state index >= 15 is 0 Å². The summed E-state index contributed by atoms with van der Waals surface area (Å²) in [7, 11) is 0. The molecule has 1 aliphatic rings. The van der Waals surface area contributed by atoms with Crippen LogP contribution in [-0.2, 0) is 4.79 Å². The molecule has 0 aliphatic carbocycles. The zero-order valence-corrected chi connectivity index (χ0v) is 17.2. The van der Waals surface area contributed by atoms with Gasteiger partial charge in [0.25, 0.3) is 0 Å². The number of hydrogen-bond donors (Lipinski definition) is 2. The summed E-state index contributed by atoms with van der Waals surface area (Å²) in [5.74, 6) is 1.18. The molecule has 0 unspecified atom stereocenters. The van der Waals surface area contributed by atoms with Crippen LogP contribution in [0.4, 0.5) is 10.9 Å². The summed E-state index contributed by atoms with van der Waals surface area (Å²) in [6, 6.07) is 15.8. The zero-order valence-electron chi connectivity index (χ0n) is 16.4. The minimum absolute atomic E-state index is 0.0322. The van der Waals surface area contributed by atoms with Crippen molar-refractivity contribution in [3.05, 3.63) is 60.4 Å². The Morgan fingerprint density at radius 1 is 1.17 bits per heavy atom. The van der Waals surface area contributed by atoms with Crippen molar-refractivity contribution in [1.82, 2.24) is 14.9 Å². The number of nitrogens with one attached hydrogen (secondary N) is 1. The van der Waals surface area contributed by atoms with Crippen molar-refractivity contribution in [1.29, 1.82) is 0 Å². The van der Waals surface area contributed by atoms with Crippen molar-refractivity contribution in [3.63, 3.8) is 0 Å². The van der Waals surface area contributed by atoms with Gasteiger partial charge in [-0.1, -0.05) is 47.7 Å². The van der Waals surface area contributed by atoms with Crippen molar-refractivity contribution in [2.75, 3.05) is 18.4 Å². The van der Waals surface area contributed by atoms with E-state index in [1.165, 1.54) is 0 Å². The van der Waals surface area contributed by atoms with E-state index < -0.39 is 6.04 Å². The number of pyridine rings is 1.